The molecule has 0 N–H and O–H groups in total. The van der Waals surface area contributed by atoms with E-state index in [1.165, 1.54) is 13.9 Å². The summed E-state index contributed by atoms with van der Waals surface area (Å²) in [5.74, 6) is 0. The van der Waals surface area contributed by atoms with E-state index in [4.69, 9.17) is 0 Å². The second-order valence-corrected chi connectivity index (χ2v) is 10.2. The topological polar surface area (TPSA) is 17.1 Å². The second-order valence-electron chi connectivity index (χ2n) is 2.15. The number of allylic oxidation sites excluding steroid dienone is 2. The zero-order valence-electron chi connectivity index (χ0n) is 3.98. The van der Waals surface area contributed by atoms with Crippen LogP contribution < -0.4 is 0 Å². The maximum absolute atomic E-state index is 10.5. The van der Waals surface area contributed by atoms with Gasteiger partial charge in [-0.25, -0.2) is 0 Å². The predicted molar refractivity (Wildman–Crippen MR) is 28.3 cm³/mol. The number of carbonyl (C=O) groups excluding carboxylic acids is 1. The van der Waals surface area contributed by atoms with E-state index < -0.39 is 21.4 Å². The van der Waals surface area contributed by atoms with Gasteiger partial charge in [0.2, 0.25) is 0 Å². The Morgan fingerprint density at radius 2 is 2.57 bits per heavy atom. The van der Waals surface area contributed by atoms with E-state index in [0.29, 0.717) is 3.54 Å². The Labute approximate surface area is 49.9 Å². The van der Waals surface area contributed by atoms with Crippen molar-refractivity contribution >= 4 is 25.0 Å². The van der Waals surface area contributed by atoms with Gasteiger partial charge in [-0.1, -0.05) is 0 Å². The monoisotopic (exact) mass is 196 g/mol. The Morgan fingerprint density at radius 3 is 2.86 bits per heavy atom. The number of carbonyl (C=O) groups is 1. The number of hydrogen-bond acceptors (Lipinski definition) is 1. The fourth-order valence-electron chi connectivity index (χ4n) is 1.20. The molecule has 0 atom stereocenters. The molecule has 2 rings (SSSR count). The molecule has 0 aromatic heterocycles. The summed E-state index contributed by atoms with van der Waals surface area (Å²) in [6.45, 7) is 0. The molecule has 0 bridgehead atoms. The van der Waals surface area contributed by atoms with Crippen molar-refractivity contribution < 1.29 is 4.79 Å². The van der Waals surface area contributed by atoms with Crippen molar-refractivity contribution in [3.8, 4) is 0 Å². The Balaban J connectivity index is 2.43. The molecule has 0 amide bonds. The minimum absolute atomic E-state index is 0.619. The van der Waals surface area contributed by atoms with E-state index in [1.54, 1.807) is 0 Å². The summed E-state index contributed by atoms with van der Waals surface area (Å²) < 4.78 is 3.26. The summed E-state index contributed by atoms with van der Waals surface area (Å²) in [6.07, 6.45) is 3.39. The molecule has 2 aliphatic heterocycles. The standard InChI is InChI=1S/C5H5O.In/c1-2-3-4-5-6;/h3H,1-2H2;. The van der Waals surface area contributed by atoms with Crippen molar-refractivity contribution in [1.82, 2.24) is 0 Å². The van der Waals surface area contributed by atoms with Crippen molar-refractivity contribution in [3.63, 3.8) is 0 Å². The van der Waals surface area contributed by atoms with Gasteiger partial charge < -0.3 is 0 Å². The fourth-order valence-corrected chi connectivity index (χ4v) is 9.65. The summed E-state index contributed by atoms with van der Waals surface area (Å²) in [5.41, 5.74) is 0. The first-order chi connectivity index (χ1) is 3.39. The first-order valence-corrected chi connectivity index (χ1v) is 8.26. The van der Waals surface area contributed by atoms with E-state index in [9.17, 15) is 4.79 Å². The normalized spacial score (nSPS) is 24.9. The molecule has 0 radical (unpaired) electrons. The first-order valence-electron chi connectivity index (χ1n) is 2.64. The maximum atomic E-state index is 10.5. The Kier molecular flexibility index (Phi) is 0.695. The van der Waals surface area contributed by atoms with Gasteiger partial charge in [0.15, 0.2) is 0 Å². The van der Waals surface area contributed by atoms with Crippen LogP contribution in [0, 0.1) is 0 Å². The van der Waals surface area contributed by atoms with Crippen molar-refractivity contribution in [2.45, 2.75) is 10.6 Å². The molecular formula is C5H5InO. The van der Waals surface area contributed by atoms with Crippen LogP contribution in [0.25, 0.3) is 0 Å². The van der Waals surface area contributed by atoms with Gasteiger partial charge >= 0.3 is 49.8 Å². The molecule has 1 fully saturated rings. The van der Waals surface area contributed by atoms with Crippen LogP contribution in [-0.2, 0) is 4.79 Å². The van der Waals surface area contributed by atoms with Crippen LogP contribution in [0.15, 0.2) is 9.41 Å². The summed E-state index contributed by atoms with van der Waals surface area (Å²) in [4.78, 5) is 10.5. The quantitative estimate of drug-likeness (QED) is 0.550. The molecule has 0 aromatic rings. The number of fused-ring (bicyclic) bond motifs is 1. The Morgan fingerprint density at radius 1 is 1.71 bits per heavy atom. The van der Waals surface area contributed by atoms with Gasteiger partial charge in [0.1, 0.15) is 0 Å². The average molecular weight is 196 g/mol. The van der Waals surface area contributed by atoms with Gasteiger partial charge in [-0.3, -0.25) is 0 Å². The third-order valence-electron chi connectivity index (χ3n) is 1.71. The fraction of sp³-hybridized carbons (Fsp3) is 0.400. The van der Waals surface area contributed by atoms with Crippen LogP contribution >= 0.6 is 0 Å². The molecule has 2 heteroatoms. The average Bonchev–Trinajstić information content (AvgIpc) is 2.26. The van der Waals surface area contributed by atoms with Gasteiger partial charge in [-0.2, -0.15) is 0 Å². The molecule has 1 nitrogen and oxygen atoms in total. The van der Waals surface area contributed by atoms with Crippen LogP contribution in [0.3, 0.4) is 0 Å². The molecule has 0 saturated carbocycles. The van der Waals surface area contributed by atoms with Gasteiger partial charge in [0.05, 0.1) is 0 Å². The molecule has 2 aliphatic rings. The molecule has 7 heavy (non-hydrogen) atoms. The zero-order chi connectivity index (χ0) is 4.85. The van der Waals surface area contributed by atoms with Crippen LogP contribution in [0.4, 0.5) is 0 Å². The van der Waals surface area contributed by atoms with E-state index in [1.807, 2.05) is 0 Å². The van der Waals surface area contributed by atoms with Gasteiger partial charge in [-0.05, 0) is 0 Å². The summed E-state index contributed by atoms with van der Waals surface area (Å²) >= 11 is -1.35. The van der Waals surface area contributed by atoms with Crippen LogP contribution in [0.5, 0.6) is 0 Å². The van der Waals surface area contributed by atoms with E-state index in [-0.39, 0.29) is 0 Å². The van der Waals surface area contributed by atoms with Crippen molar-refractivity contribution in [3.05, 3.63) is 9.41 Å². The molecule has 1 saturated heterocycles. The molecule has 2 heterocycles. The van der Waals surface area contributed by atoms with Gasteiger partial charge in [0, 0.05) is 0 Å². The first kappa shape index (κ1) is 4.19. The van der Waals surface area contributed by atoms with Crippen molar-refractivity contribution in [2.75, 3.05) is 0 Å². The van der Waals surface area contributed by atoms with E-state index >= 15 is 0 Å². The summed E-state index contributed by atoms with van der Waals surface area (Å²) in [5, 5.41) is 0. The molecular weight excluding hydrogens is 191 g/mol. The Bertz CT molecular complexity index is 159. The van der Waals surface area contributed by atoms with Crippen LogP contribution in [0.1, 0.15) is 6.42 Å². The molecule has 0 aromatic carbocycles. The van der Waals surface area contributed by atoms with Gasteiger partial charge in [0.25, 0.3) is 0 Å². The number of rotatable bonds is 0. The zero-order valence-corrected chi connectivity index (χ0v) is 7.27. The third-order valence-corrected chi connectivity index (χ3v) is 9.75. The SMILES string of the molecule is O=[C]1[C]2=CC[CH2][In]12. The van der Waals surface area contributed by atoms with E-state index in [0.717, 1.165) is 0 Å². The predicted octanol–water partition coefficient (Wildman–Crippen LogP) is 0.472. The number of hydrogen-bond donors (Lipinski definition) is 0. The molecule has 34 valence electrons. The van der Waals surface area contributed by atoms with Crippen LogP contribution in [-0.4, -0.2) is 25.0 Å². The Hall–Kier alpha value is 0.280. The van der Waals surface area contributed by atoms with Crippen LogP contribution in [0.2, 0.25) is 4.18 Å². The second kappa shape index (κ2) is 1.16. The van der Waals surface area contributed by atoms with Crippen molar-refractivity contribution in [1.29, 1.82) is 0 Å². The molecule has 0 spiro atoms. The van der Waals surface area contributed by atoms with Gasteiger partial charge in [-0.15, -0.1) is 0 Å². The minimum atomic E-state index is -1.35. The summed E-state index contributed by atoms with van der Waals surface area (Å²) in [7, 11) is 0. The summed E-state index contributed by atoms with van der Waals surface area (Å²) in [6, 6.07) is 0. The van der Waals surface area contributed by atoms with E-state index in [2.05, 4.69) is 6.08 Å². The molecule has 0 unspecified atom stereocenters. The molecule has 0 aliphatic carbocycles. The van der Waals surface area contributed by atoms with Crippen molar-refractivity contribution in [2.24, 2.45) is 0 Å². The third kappa shape index (κ3) is 0.434.